The molecule has 1 aromatic carbocycles. The van der Waals surface area contributed by atoms with Crippen molar-refractivity contribution in [2.45, 2.75) is 40.3 Å². The van der Waals surface area contributed by atoms with Gasteiger partial charge in [-0.05, 0) is 48.2 Å². The molecule has 0 aliphatic carbocycles. The Morgan fingerprint density at radius 1 is 1.05 bits per heavy atom. The lowest BCUT2D eigenvalue weighted by Crippen LogP contribution is -2.21. The second kappa shape index (κ2) is 5.98. The van der Waals surface area contributed by atoms with Crippen LogP contribution in [0, 0.1) is 13.8 Å². The monoisotopic (exact) mass is 254 g/mol. The first-order valence-corrected chi connectivity index (χ1v) is 6.82. The summed E-state index contributed by atoms with van der Waals surface area (Å²) in [4.78, 5) is 4.25. The van der Waals surface area contributed by atoms with Gasteiger partial charge in [-0.15, -0.1) is 0 Å². The molecule has 0 aliphatic heterocycles. The van der Waals surface area contributed by atoms with Crippen molar-refractivity contribution < 1.29 is 0 Å². The number of aryl methyl sites for hydroxylation is 2. The Bertz CT molecular complexity index is 559. The van der Waals surface area contributed by atoms with E-state index in [2.05, 4.69) is 62.3 Å². The van der Waals surface area contributed by atoms with Gasteiger partial charge in [0.1, 0.15) is 0 Å². The van der Waals surface area contributed by atoms with Crippen molar-refractivity contribution in [1.29, 1.82) is 0 Å². The highest BCUT2D eigenvalue weighted by atomic mass is 14.9. The zero-order chi connectivity index (χ0) is 13.8. The number of pyridine rings is 1. The zero-order valence-corrected chi connectivity index (χ0v) is 12.2. The molecule has 0 bridgehead atoms. The van der Waals surface area contributed by atoms with Gasteiger partial charge in [0.05, 0.1) is 0 Å². The van der Waals surface area contributed by atoms with Gasteiger partial charge in [-0.25, -0.2) is 0 Å². The van der Waals surface area contributed by atoms with Crippen LogP contribution in [0.3, 0.4) is 0 Å². The summed E-state index contributed by atoms with van der Waals surface area (Å²) in [6.45, 7) is 9.53. The number of nitrogens with zero attached hydrogens (tertiary/aromatic N) is 1. The molecule has 0 radical (unpaired) electrons. The molecular weight excluding hydrogens is 232 g/mol. The fourth-order valence-corrected chi connectivity index (χ4v) is 2.14. The second-order valence-electron chi connectivity index (χ2n) is 5.38. The van der Waals surface area contributed by atoms with Crippen molar-refractivity contribution in [3.8, 4) is 11.1 Å². The van der Waals surface area contributed by atoms with Crippen molar-refractivity contribution in [2.75, 3.05) is 0 Å². The standard InChI is InChI=1S/C17H22N2/c1-12(2)19-10-15-6-5-13(3)16(9-15)17-11-18-8-7-14(17)4/h5-9,11-12,19H,10H2,1-4H3. The summed E-state index contributed by atoms with van der Waals surface area (Å²) in [6, 6.07) is 9.23. The van der Waals surface area contributed by atoms with Crippen LogP contribution in [0.2, 0.25) is 0 Å². The average molecular weight is 254 g/mol. The fourth-order valence-electron chi connectivity index (χ4n) is 2.14. The van der Waals surface area contributed by atoms with Gasteiger partial charge in [0, 0.05) is 30.5 Å². The Hall–Kier alpha value is -1.67. The molecule has 2 nitrogen and oxygen atoms in total. The number of benzene rings is 1. The van der Waals surface area contributed by atoms with Gasteiger partial charge >= 0.3 is 0 Å². The molecule has 0 spiro atoms. The molecule has 1 aromatic heterocycles. The Kier molecular flexibility index (Phi) is 4.33. The molecule has 1 heterocycles. The largest absolute Gasteiger partial charge is 0.310 e. The molecule has 2 rings (SSSR count). The Labute approximate surface area is 115 Å². The van der Waals surface area contributed by atoms with E-state index < -0.39 is 0 Å². The molecule has 2 heteroatoms. The first-order valence-electron chi connectivity index (χ1n) is 6.82. The second-order valence-corrected chi connectivity index (χ2v) is 5.38. The lowest BCUT2D eigenvalue weighted by Gasteiger charge is -2.13. The molecule has 0 amide bonds. The molecular formula is C17H22N2. The fraction of sp³-hybridized carbons (Fsp3) is 0.353. The number of nitrogens with one attached hydrogen (secondary N) is 1. The Balaban J connectivity index is 2.35. The van der Waals surface area contributed by atoms with E-state index in [4.69, 9.17) is 0 Å². The van der Waals surface area contributed by atoms with E-state index in [0.29, 0.717) is 6.04 Å². The smallest absolute Gasteiger partial charge is 0.0349 e. The summed E-state index contributed by atoms with van der Waals surface area (Å²) >= 11 is 0. The minimum absolute atomic E-state index is 0.505. The maximum absolute atomic E-state index is 4.25. The molecule has 19 heavy (non-hydrogen) atoms. The van der Waals surface area contributed by atoms with Gasteiger partial charge in [-0.2, -0.15) is 0 Å². The SMILES string of the molecule is Cc1ccncc1-c1cc(CNC(C)C)ccc1C. The van der Waals surface area contributed by atoms with Crippen LogP contribution in [0.25, 0.3) is 11.1 Å². The predicted octanol–water partition coefficient (Wildman–Crippen LogP) is 3.86. The molecule has 0 fully saturated rings. The van der Waals surface area contributed by atoms with E-state index in [1.165, 1.54) is 27.8 Å². The quantitative estimate of drug-likeness (QED) is 0.896. The number of hydrogen-bond donors (Lipinski definition) is 1. The molecule has 0 aliphatic rings. The molecule has 2 aromatic rings. The van der Waals surface area contributed by atoms with Crippen LogP contribution >= 0.6 is 0 Å². The zero-order valence-electron chi connectivity index (χ0n) is 12.2. The first-order chi connectivity index (χ1) is 9.08. The van der Waals surface area contributed by atoms with Gasteiger partial charge in [-0.3, -0.25) is 4.98 Å². The third kappa shape index (κ3) is 3.42. The van der Waals surface area contributed by atoms with Crippen LogP contribution in [0.15, 0.2) is 36.7 Å². The molecule has 0 unspecified atom stereocenters. The molecule has 0 saturated heterocycles. The number of rotatable bonds is 4. The van der Waals surface area contributed by atoms with Gasteiger partial charge in [0.15, 0.2) is 0 Å². The van der Waals surface area contributed by atoms with E-state index in [9.17, 15) is 0 Å². The highest BCUT2D eigenvalue weighted by molar-refractivity contribution is 5.70. The Morgan fingerprint density at radius 2 is 1.79 bits per heavy atom. The topological polar surface area (TPSA) is 24.9 Å². The Morgan fingerprint density at radius 3 is 2.47 bits per heavy atom. The highest BCUT2D eigenvalue weighted by Crippen LogP contribution is 2.26. The minimum atomic E-state index is 0.505. The average Bonchev–Trinajstić information content (AvgIpc) is 2.38. The molecule has 0 saturated carbocycles. The van der Waals surface area contributed by atoms with Crippen molar-refractivity contribution in [1.82, 2.24) is 10.3 Å². The minimum Gasteiger partial charge on any atom is -0.310 e. The summed E-state index contributed by atoms with van der Waals surface area (Å²) in [7, 11) is 0. The lowest BCUT2D eigenvalue weighted by atomic mass is 9.96. The van der Waals surface area contributed by atoms with Crippen LogP contribution in [0.4, 0.5) is 0 Å². The summed E-state index contributed by atoms with van der Waals surface area (Å²) in [6.07, 6.45) is 3.80. The van der Waals surface area contributed by atoms with Crippen LogP contribution in [-0.2, 0) is 6.54 Å². The predicted molar refractivity (Wildman–Crippen MR) is 81.1 cm³/mol. The van der Waals surface area contributed by atoms with E-state index in [1.807, 2.05) is 12.4 Å². The normalized spacial score (nSPS) is 11.0. The third-order valence-electron chi connectivity index (χ3n) is 3.35. The van der Waals surface area contributed by atoms with E-state index >= 15 is 0 Å². The van der Waals surface area contributed by atoms with Gasteiger partial charge in [-0.1, -0.05) is 26.0 Å². The third-order valence-corrected chi connectivity index (χ3v) is 3.35. The summed E-state index contributed by atoms with van der Waals surface area (Å²) in [5, 5.41) is 3.46. The van der Waals surface area contributed by atoms with Crippen LogP contribution in [-0.4, -0.2) is 11.0 Å². The summed E-state index contributed by atoms with van der Waals surface area (Å²) < 4.78 is 0. The van der Waals surface area contributed by atoms with Crippen LogP contribution < -0.4 is 5.32 Å². The van der Waals surface area contributed by atoms with E-state index in [1.54, 1.807) is 0 Å². The lowest BCUT2D eigenvalue weighted by molar-refractivity contribution is 0.589. The maximum Gasteiger partial charge on any atom is 0.0349 e. The summed E-state index contributed by atoms with van der Waals surface area (Å²) in [5.41, 5.74) is 6.40. The maximum atomic E-state index is 4.25. The van der Waals surface area contributed by atoms with Crippen molar-refractivity contribution in [2.24, 2.45) is 0 Å². The van der Waals surface area contributed by atoms with E-state index in [0.717, 1.165) is 6.54 Å². The van der Waals surface area contributed by atoms with Crippen LogP contribution in [0.1, 0.15) is 30.5 Å². The first kappa shape index (κ1) is 13.8. The highest BCUT2D eigenvalue weighted by Gasteiger charge is 2.06. The van der Waals surface area contributed by atoms with Crippen molar-refractivity contribution in [3.05, 3.63) is 53.3 Å². The summed E-state index contributed by atoms with van der Waals surface area (Å²) in [5.74, 6) is 0. The van der Waals surface area contributed by atoms with E-state index in [-0.39, 0.29) is 0 Å². The number of aromatic nitrogens is 1. The van der Waals surface area contributed by atoms with Crippen molar-refractivity contribution >= 4 is 0 Å². The number of hydrogen-bond acceptors (Lipinski definition) is 2. The molecule has 1 N–H and O–H groups in total. The van der Waals surface area contributed by atoms with Gasteiger partial charge < -0.3 is 5.32 Å². The van der Waals surface area contributed by atoms with Gasteiger partial charge in [0.2, 0.25) is 0 Å². The molecule has 0 atom stereocenters. The van der Waals surface area contributed by atoms with Crippen LogP contribution in [0.5, 0.6) is 0 Å². The van der Waals surface area contributed by atoms with Gasteiger partial charge in [0.25, 0.3) is 0 Å². The molecule has 100 valence electrons. The van der Waals surface area contributed by atoms with Crippen molar-refractivity contribution in [3.63, 3.8) is 0 Å².